The lowest BCUT2D eigenvalue weighted by atomic mass is 9.75. The van der Waals surface area contributed by atoms with Gasteiger partial charge in [-0.15, -0.1) is 0 Å². The van der Waals surface area contributed by atoms with Crippen LogP contribution in [0.3, 0.4) is 0 Å². The Labute approximate surface area is 197 Å². The Morgan fingerprint density at radius 1 is 0.818 bits per heavy atom. The van der Waals surface area contributed by atoms with Crippen molar-refractivity contribution in [1.82, 2.24) is 4.90 Å². The average Bonchev–Trinajstić information content (AvgIpc) is 2.80. The maximum absolute atomic E-state index is 12.4. The molecule has 1 aliphatic heterocycles. The fraction of sp³-hybridized carbons (Fsp3) is 0.500. The number of likely N-dealkylation sites (tertiary alicyclic amines) is 1. The van der Waals surface area contributed by atoms with Crippen molar-refractivity contribution in [3.8, 4) is 0 Å². The van der Waals surface area contributed by atoms with Gasteiger partial charge in [0.2, 0.25) is 5.91 Å². The smallest absolute Gasteiger partial charge is 0.329 e. The molecule has 0 spiro atoms. The number of hydrogen-bond donors (Lipinski definition) is 1. The second kappa shape index (κ2) is 11.5. The molecule has 0 unspecified atom stereocenters. The molecule has 1 amide bonds. The average molecular weight is 452 g/mol. The molecule has 178 valence electrons. The highest BCUT2D eigenvalue weighted by atomic mass is 16.5. The summed E-state index contributed by atoms with van der Waals surface area (Å²) in [5.74, 6) is 0.530. The Morgan fingerprint density at radius 2 is 1.24 bits per heavy atom. The molecule has 2 aromatic carbocycles. The molecule has 1 fully saturated rings. The van der Waals surface area contributed by atoms with Gasteiger partial charge in [0.05, 0.1) is 0 Å². The Balaban J connectivity index is 1.76. The van der Waals surface area contributed by atoms with Gasteiger partial charge in [0, 0.05) is 19.0 Å². The summed E-state index contributed by atoms with van der Waals surface area (Å²) in [5.41, 5.74) is 5.33. The Kier molecular flexibility index (Phi) is 8.67. The number of carbonyl (C=O) groups excluding carboxylic acids is 1. The van der Waals surface area contributed by atoms with Gasteiger partial charge in [-0.05, 0) is 52.8 Å². The van der Waals surface area contributed by atoms with Gasteiger partial charge in [0.1, 0.15) is 13.2 Å². The molecule has 1 aliphatic rings. The Bertz CT molecular complexity index is 858. The highest BCUT2D eigenvalue weighted by Crippen LogP contribution is 2.39. The molecule has 0 atom stereocenters. The highest BCUT2D eigenvalue weighted by molar-refractivity contribution is 5.78. The number of amides is 1. The third-order valence-electron chi connectivity index (χ3n) is 6.74. The molecule has 5 heteroatoms. The fourth-order valence-corrected chi connectivity index (χ4v) is 4.71. The molecule has 33 heavy (non-hydrogen) atoms. The normalized spacial score (nSPS) is 14.9. The summed E-state index contributed by atoms with van der Waals surface area (Å²) >= 11 is 0. The summed E-state index contributed by atoms with van der Waals surface area (Å²) in [6.45, 7) is 9.58. The second-order valence-electron chi connectivity index (χ2n) is 9.73. The third kappa shape index (κ3) is 6.67. The van der Waals surface area contributed by atoms with Crippen LogP contribution in [0.4, 0.5) is 0 Å². The van der Waals surface area contributed by atoms with Crippen molar-refractivity contribution < 1.29 is 19.4 Å². The second-order valence-corrected chi connectivity index (χ2v) is 9.73. The summed E-state index contributed by atoms with van der Waals surface area (Å²) in [5, 5.41) is 8.69. The van der Waals surface area contributed by atoms with Crippen LogP contribution in [-0.2, 0) is 14.3 Å². The first-order valence-corrected chi connectivity index (χ1v) is 12.0. The van der Waals surface area contributed by atoms with E-state index in [0.29, 0.717) is 30.8 Å². The van der Waals surface area contributed by atoms with Crippen LogP contribution in [0.2, 0.25) is 0 Å². The molecule has 0 aromatic heterocycles. The molecule has 2 aromatic rings. The number of benzene rings is 2. The SMILES string of the molecule is CC(C)c1ccc(C(c2ccc(C(C)C)cc2)C2CCN(C(=O)COCC(=O)O)CC2)cc1. The zero-order valence-corrected chi connectivity index (χ0v) is 20.3. The Morgan fingerprint density at radius 3 is 1.64 bits per heavy atom. The molecule has 0 radical (unpaired) electrons. The molecule has 1 N–H and O–H groups in total. The van der Waals surface area contributed by atoms with Crippen LogP contribution in [-0.4, -0.2) is 48.2 Å². The van der Waals surface area contributed by atoms with Crippen LogP contribution in [0.15, 0.2) is 48.5 Å². The standard InChI is InChI=1S/C28H37NO4/c1-19(2)21-5-9-23(10-6-21)28(24-11-7-22(8-12-24)20(3)4)25-13-15-29(16-14-25)26(30)17-33-18-27(31)32/h5-12,19-20,25,28H,13-18H2,1-4H3,(H,31,32). The van der Waals surface area contributed by atoms with E-state index in [1.165, 1.54) is 22.3 Å². The van der Waals surface area contributed by atoms with Gasteiger partial charge >= 0.3 is 5.97 Å². The van der Waals surface area contributed by atoms with Crippen molar-refractivity contribution in [3.05, 3.63) is 70.8 Å². The van der Waals surface area contributed by atoms with Crippen molar-refractivity contribution >= 4 is 11.9 Å². The first-order valence-electron chi connectivity index (χ1n) is 12.0. The van der Waals surface area contributed by atoms with Crippen LogP contribution in [0.5, 0.6) is 0 Å². The first kappa shape index (κ1) is 25.0. The molecule has 0 saturated carbocycles. The molecule has 0 bridgehead atoms. The number of aliphatic carboxylic acids is 1. The molecular weight excluding hydrogens is 414 g/mol. The largest absolute Gasteiger partial charge is 0.480 e. The number of piperidine rings is 1. The van der Waals surface area contributed by atoms with E-state index in [9.17, 15) is 9.59 Å². The summed E-state index contributed by atoms with van der Waals surface area (Å²) in [4.78, 5) is 24.8. The number of carboxylic acid groups (broad SMARTS) is 1. The summed E-state index contributed by atoms with van der Waals surface area (Å²) in [6, 6.07) is 18.1. The number of rotatable bonds is 9. The third-order valence-corrected chi connectivity index (χ3v) is 6.74. The highest BCUT2D eigenvalue weighted by Gasteiger charge is 2.30. The minimum atomic E-state index is -1.06. The summed E-state index contributed by atoms with van der Waals surface area (Å²) < 4.78 is 4.99. The van der Waals surface area contributed by atoms with Crippen molar-refractivity contribution in [3.63, 3.8) is 0 Å². The predicted molar refractivity (Wildman–Crippen MR) is 131 cm³/mol. The van der Waals surface area contributed by atoms with Crippen molar-refractivity contribution in [2.24, 2.45) is 5.92 Å². The van der Waals surface area contributed by atoms with E-state index >= 15 is 0 Å². The van der Waals surface area contributed by atoms with E-state index in [1.807, 2.05) is 0 Å². The molecule has 1 saturated heterocycles. The number of carbonyl (C=O) groups is 2. The lowest BCUT2D eigenvalue weighted by Crippen LogP contribution is -2.41. The number of hydrogen-bond acceptors (Lipinski definition) is 3. The van der Waals surface area contributed by atoms with Gasteiger partial charge in [-0.3, -0.25) is 4.79 Å². The maximum atomic E-state index is 12.4. The summed E-state index contributed by atoms with van der Waals surface area (Å²) in [6.07, 6.45) is 1.82. The van der Waals surface area contributed by atoms with Crippen molar-refractivity contribution in [1.29, 1.82) is 0 Å². The van der Waals surface area contributed by atoms with Crippen LogP contribution < -0.4 is 0 Å². The van der Waals surface area contributed by atoms with Gasteiger partial charge in [-0.25, -0.2) is 4.79 Å². The minimum absolute atomic E-state index is 0.131. The molecule has 3 rings (SSSR count). The van der Waals surface area contributed by atoms with Crippen LogP contribution in [0, 0.1) is 5.92 Å². The molecule has 0 aliphatic carbocycles. The van der Waals surface area contributed by atoms with Crippen molar-refractivity contribution in [2.75, 3.05) is 26.3 Å². The van der Waals surface area contributed by atoms with Crippen molar-refractivity contribution in [2.45, 2.75) is 58.3 Å². The zero-order valence-electron chi connectivity index (χ0n) is 20.3. The number of nitrogens with zero attached hydrogens (tertiary/aromatic N) is 1. The monoisotopic (exact) mass is 451 g/mol. The molecular formula is C28H37NO4. The number of ether oxygens (including phenoxy) is 1. The maximum Gasteiger partial charge on any atom is 0.329 e. The van der Waals surface area contributed by atoms with Gasteiger partial charge in [0.15, 0.2) is 0 Å². The first-order chi connectivity index (χ1) is 15.8. The topological polar surface area (TPSA) is 66.8 Å². The van der Waals surface area contributed by atoms with Gasteiger partial charge in [-0.1, -0.05) is 76.2 Å². The van der Waals surface area contributed by atoms with Gasteiger partial charge < -0.3 is 14.7 Å². The lowest BCUT2D eigenvalue weighted by Gasteiger charge is -2.37. The van der Waals surface area contributed by atoms with E-state index in [-0.39, 0.29) is 18.4 Å². The van der Waals surface area contributed by atoms with Gasteiger partial charge in [0.25, 0.3) is 0 Å². The van der Waals surface area contributed by atoms with Crippen LogP contribution >= 0.6 is 0 Å². The molecule has 5 nitrogen and oxygen atoms in total. The van der Waals surface area contributed by atoms with E-state index < -0.39 is 12.6 Å². The quantitative estimate of drug-likeness (QED) is 0.554. The van der Waals surface area contributed by atoms with E-state index in [2.05, 4.69) is 76.2 Å². The van der Waals surface area contributed by atoms with E-state index in [4.69, 9.17) is 9.84 Å². The zero-order chi connectivity index (χ0) is 24.0. The number of carboxylic acids is 1. The Hall–Kier alpha value is -2.66. The van der Waals surface area contributed by atoms with E-state index in [1.54, 1.807) is 4.90 Å². The summed E-state index contributed by atoms with van der Waals surface area (Å²) in [7, 11) is 0. The van der Waals surface area contributed by atoms with E-state index in [0.717, 1.165) is 12.8 Å². The molecule has 1 heterocycles. The van der Waals surface area contributed by atoms with Crippen LogP contribution in [0.1, 0.15) is 80.5 Å². The predicted octanol–water partition coefficient (Wildman–Crippen LogP) is 5.41. The minimum Gasteiger partial charge on any atom is -0.480 e. The van der Waals surface area contributed by atoms with Gasteiger partial charge in [-0.2, -0.15) is 0 Å². The lowest BCUT2D eigenvalue weighted by molar-refractivity contribution is -0.146. The fourth-order valence-electron chi connectivity index (χ4n) is 4.71. The van der Waals surface area contributed by atoms with Crippen LogP contribution in [0.25, 0.3) is 0 Å².